The van der Waals surface area contributed by atoms with E-state index in [-0.39, 0.29) is 5.56 Å². The maximum atomic E-state index is 14.0. The van der Waals surface area contributed by atoms with E-state index in [4.69, 9.17) is 10.6 Å². The average molecular weight is 292 g/mol. The van der Waals surface area contributed by atoms with Crippen molar-refractivity contribution in [2.75, 3.05) is 6.61 Å². The molecule has 21 heavy (non-hydrogen) atoms. The van der Waals surface area contributed by atoms with E-state index in [9.17, 15) is 8.78 Å². The second-order valence-electron chi connectivity index (χ2n) is 4.62. The number of para-hydroxylation sites is 1. The maximum absolute atomic E-state index is 14.0. The van der Waals surface area contributed by atoms with E-state index in [0.29, 0.717) is 17.9 Å². The molecule has 1 atom stereocenters. The number of hydrazine groups is 1. The van der Waals surface area contributed by atoms with Crippen LogP contribution in [0.5, 0.6) is 5.75 Å². The minimum absolute atomic E-state index is 0.118. The Morgan fingerprint density at radius 2 is 1.76 bits per heavy atom. The average Bonchev–Trinajstić information content (AvgIpc) is 2.49. The highest BCUT2D eigenvalue weighted by atomic mass is 19.1. The maximum Gasteiger partial charge on any atom is 0.131 e. The fraction of sp³-hybridized carbons (Fsp3) is 0.250. The third-order valence-electron chi connectivity index (χ3n) is 3.15. The van der Waals surface area contributed by atoms with Crippen molar-refractivity contribution in [2.24, 2.45) is 5.84 Å². The van der Waals surface area contributed by atoms with E-state index in [1.807, 2.05) is 6.92 Å². The number of nitrogens with one attached hydrogen (secondary N) is 1. The van der Waals surface area contributed by atoms with Crippen LogP contribution in [0.4, 0.5) is 8.78 Å². The lowest BCUT2D eigenvalue weighted by atomic mass is 9.97. The summed E-state index contributed by atoms with van der Waals surface area (Å²) >= 11 is 0. The van der Waals surface area contributed by atoms with Gasteiger partial charge in [-0.25, -0.2) is 14.2 Å². The SMILES string of the molecule is CCCOc1ccccc1C(NN)c1c(F)cccc1F. The van der Waals surface area contributed by atoms with E-state index in [0.717, 1.165) is 6.42 Å². The van der Waals surface area contributed by atoms with Gasteiger partial charge in [0.1, 0.15) is 17.4 Å². The van der Waals surface area contributed by atoms with E-state index in [1.54, 1.807) is 24.3 Å². The lowest BCUT2D eigenvalue weighted by Crippen LogP contribution is -2.30. The number of hydrogen-bond acceptors (Lipinski definition) is 3. The molecule has 2 aromatic rings. The van der Waals surface area contributed by atoms with Gasteiger partial charge in [-0.05, 0) is 24.6 Å². The lowest BCUT2D eigenvalue weighted by Gasteiger charge is -2.21. The Balaban J connectivity index is 2.47. The summed E-state index contributed by atoms with van der Waals surface area (Å²) in [6, 6.07) is 9.99. The Bertz CT molecular complexity index is 584. The quantitative estimate of drug-likeness (QED) is 0.634. The molecule has 0 amide bonds. The van der Waals surface area contributed by atoms with Crippen LogP contribution in [0.3, 0.4) is 0 Å². The third-order valence-corrected chi connectivity index (χ3v) is 3.15. The van der Waals surface area contributed by atoms with E-state index < -0.39 is 17.7 Å². The van der Waals surface area contributed by atoms with Crippen molar-refractivity contribution >= 4 is 0 Å². The van der Waals surface area contributed by atoms with Gasteiger partial charge in [-0.3, -0.25) is 5.84 Å². The summed E-state index contributed by atoms with van der Waals surface area (Å²) < 4.78 is 33.6. The van der Waals surface area contributed by atoms with Crippen molar-refractivity contribution in [1.29, 1.82) is 0 Å². The fourth-order valence-corrected chi connectivity index (χ4v) is 2.18. The van der Waals surface area contributed by atoms with Gasteiger partial charge in [0.2, 0.25) is 0 Å². The van der Waals surface area contributed by atoms with Crippen LogP contribution >= 0.6 is 0 Å². The standard InChI is InChI=1S/C16H18F2N2O/c1-2-10-21-14-9-4-3-6-11(14)16(20-19)15-12(17)7-5-8-13(15)18/h3-9,16,20H,2,10,19H2,1H3. The molecule has 1 unspecified atom stereocenters. The molecule has 3 nitrogen and oxygen atoms in total. The van der Waals surface area contributed by atoms with Crippen molar-refractivity contribution in [2.45, 2.75) is 19.4 Å². The molecule has 2 aromatic carbocycles. The van der Waals surface area contributed by atoms with Crippen molar-refractivity contribution in [1.82, 2.24) is 5.43 Å². The summed E-state index contributed by atoms with van der Waals surface area (Å²) in [5, 5.41) is 0. The van der Waals surface area contributed by atoms with E-state index >= 15 is 0 Å². The Labute approximate surface area is 122 Å². The molecule has 0 heterocycles. The molecule has 0 fully saturated rings. The topological polar surface area (TPSA) is 47.3 Å². The Hall–Kier alpha value is -1.98. The monoisotopic (exact) mass is 292 g/mol. The predicted molar refractivity (Wildman–Crippen MR) is 77.8 cm³/mol. The molecule has 0 radical (unpaired) electrons. The highest BCUT2D eigenvalue weighted by molar-refractivity contribution is 5.42. The lowest BCUT2D eigenvalue weighted by molar-refractivity contribution is 0.311. The summed E-state index contributed by atoms with van der Waals surface area (Å²) in [7, 11) is 0. The third kappa shape index (κ3) is 3.37. The molecule has 5 heteroatoms. The molecular formula is C16H18F2N2O. The van der Waals surface area contributed by atoms with Crippen LogP contribution in [-0.4, -0.2) is 6.61 Å². The second-order valence-corrected chi connectivity index (χ2v) is 4.62. The molecule has 3 N–H and O–H groups in total. The molecular weight excluding hydrogens is 274 g/mol. The minimum Gasteiger partial charge on any atom is -0.493 e. The molecule has 0 bridgehead atoms. The summed E-state index contributed by atoms with van der Waals surface area (Å²) in [5.41, 5.74) is 2.95. The summed E-state index contributed by atoms with van der Waals surface area (Å²) in [6.45, 7) is 2.51. The number of nitrogens with two attached hydrogens (primary N) is 1. The van der Waals surface area contributed by atoms with Gasteiger partial charge in [0.05, 0.1) is 12.6 Å². The molecule has 0 aliphatic rings. The van der Waals surface area contributed by atoms with Crippen LogP contribution in [0.1, 0.15) is 30.5 Å². The van der Waals surface area contributed by atoms with Crippen LogP contribution in [0, 0.1) is 11.6 Å². The van der Waals surface area contributed by atoms with Gasteiger partial charge in [-0.2, -0.15) is 0 Å². The first kappa shape index (κ1) is 15.4. The van der Waals surface area contributed by atoms with Crippen LogP contribution in [0.15, 0.2) is 42.5 Å². The number of ether oxygens (including phenoxy) is 1. The van der Waals surface area contributed by atoms with Gasteiger partial charge in [-0.15, -0.1) is 0 Å². The van der Waals surface area contributed by atoms with Crippen molar-refractivity contribution < 1.29 is 13.5 Å². The number of halogens is 2. The normalized spacial score (nSPS) is 12.2. The first-order valence-electron chi connectivity index (χ1n) is 6.80. The number of benzene rings is 2. The van der Waals surface area contributed by atoms with Gasteiger partial charge < -0.3 is 4.74 Å². The molecule has 0 saturated heterocycles. The zero-order chi connectivity index (χ0) is 15.2. The summed E-state index contributed by atoms with van der Waals surface area (Å²) in [6.07, 6.45) is 0.836. The Kier molecular flexibility index (Phi) is 5.25. The van der Waals surface area contributed by atoms with Gasteiger partial charge in [0, 0.05) is 11.1 Å². The first-order chi connectivity index (χ1) is 10.2. The van der Waals surface area contributed by atoms with Gasteiger partial charge in [0.15, 0.2) is 0 Å². The zero-order valence-electron chi connectivity index (χ0n) is 11.8. The highest BCUT2D eigenvalue weighted by Crippen LogP contribution is 2.32. The number of hydrogen-bond donors (Lipinski definition) is 2. The van der Waals surface area contributed by atoms with Crippen molar-refractivity contribution in [3.05, 3.63) is 65.2 Å². The first-order valence-corrected chi connectivity index (χ1v) is 6.80. The smallest absolute Gasteiger partial charge is 0.131 e. The van der Waals surface area contributed by atoms with Crippen LogP contribution in [0.2, 0.25) is 0 Å². The predicted octanol–water partition coefficient (Wildman–Crippen LogP) is 3.31. The fourth-order valence-electron chi connectivity index (χ4n) is 2.18. The highest BCUT2D eigenvalue weighted by Gasteiger charge is 2.23. The van der Waals surface area contributed by atoms with Crippen LogP contribution in [-0.2, 0) is 0 Å². The van der Waals surface area contributed by atoms with Crippen molar-refractivity contribution in [3.8, 4) is 5.75 Å². The second kappa shape index (κ2) is 7.15. The van der Waals surface area contributed by atoms with Crippen LogP contribution in [0.25, 0.3) is 0 Å². The number of rotatable bonds is 6. The molecule has 2 rings (SSSR count). The summed E-state index contributed by atoms with van der Waals surface area (Å²) in [5.74, 6) is 4.79. The molecule has 0 aliphatic heterocycles. The van der Waals surface area contributed by atoms with E-state index in [2.05, 4.69) is 5.43 Å². The van der Waals surface area contributed by atoms with Crippen molar-refractivity contribution in [3.63, 3.8) is 0 Å². The molecule has 112 valence electrons. The summed E-state index contributed by atoms with van der Waals surface area (Å²) in [4.78, 5) is 0. The zero-order valence-corrected chi connectivity index (χ0v) is 11.8. The Morgan fingerprint density at radius 1 is 1.10 bits per heavy atom. The van der Waals surface area contributed by atoms with Gasteiger partial charge in [0.25, 0.3) is 0 Å². The Morgan fingerprint density at radius 3 is 2.38 bits per heavy atom. The molecule has 0 aromatic heterocycles. The van der Waals surface area contributed by atoms with Crippen LogP contribution < -0.4 is 16.0 Å². The van der Waals surface area contributed by atoms with Gasteiger partial charge in [-0.1, -0.05) is 31.2 Å². The largest absolute Gasteiger partial charge is 0.493 e. The molecule has 0 saturated carbocycles. The van der Waals surface area contributed by atoms with E-state index in [1.165, 1.54) is 18.2 Å². The minimum atomic E-state index is -0.820. The molecule has 0 aliphatic carbocycles. The van der Waals surface area contributed by atoms with Gasteiger partial charge >= 0.3 is 0 Å². The molecule has 0 spiro atoms.